The smallest absolute Gasteiger partial charge is 0.130 e. The molecule has 0 saturated carbocycles. The molecule has 6 nitrogen and oxygen atoms in total. The van der Waals surface area contributed by atoms with E-state index >= 15 is 0 Å². The monoisotopic (exact) mass is 347 g/mol. The lowest BCUT2D eigenvalue weighted by Crippen LogP contribution is -2.10. The molecule has 0 amide bonds. The Morgan fingerprint density at radius 3 is 2.85 bits per heavy atom. The number of nitrogens with zero attached hydrogens (tertiary/aromatic N) is 4. The number of anilines is 1. The first kappa shape index (κ1) is 16.6. The van der Waals surface area contributed by atoms with Crippen LogP contribution in [0.5, 0.6) is 0 Å². The van der Waals surface area contributed by atoms with Crippen molar-refractivity contribution in [3.05, 3.63) is 66.5 Å². The first-order valence-electron chi connectivity index (χ1n) is 8.89. The molecule has 0 spiro atoms. The van der Waals surface area contributed by atoms with Gasteiger partial charge in [0.15, 0.2) is 0 Å². The molecule has 3 heterocycles. The van der Waals surface area contributed by atoms with Crippen LogP contribution in [0.2, 0.25) is 0 Å². The normalized spacial score (nSPS) is 16.5. The van der Waals surface area contributed by atoms with Crippen LogP contribution < -0.4 is 5.32 Å². The summed E-state index contributed by atoms with van der Waals surface area (Å²) in [4.78, 5) is 17.7. The van der Waals surface area contributed by atoms with Crippen molar-refractivity contribution < 1.29 is 4.74 Å². The van der Waals surface area contributed by atoms with Crippen LogP contribution in [-0.4, -0.2) is 39.7 Å². The van der Waals surface area contributed by atoms with Gasteiger partial charge in [0.2, 0.25) is 0 Å². The maximum atomic E-state index is 5.44. The molecule has 1 aliphatic rings. The second-order valence-corrected chi connectivity index (χ2v) is 6.29. The lowest BCUT2D eigenvalue weighted by molar-refractivity contribution is 0.193. The predicted molar refractivity (Wildman–Crippen MR) is 99.9 cm³/mol. The van der Waals surface area contributed by atoms with Crippen molar-refractivity contribution in [3.8, 4) is 11.3 Å². The molecule has 1 N–H and O–H groups in total. The molecule has 1 fully saturated rings. The Morgan fingerprint density at radius 2 is 2.00 bits per heavy atom. The largest absolute Gasteiger partial charge is 0.381 e. The summed E-state index contributed by atoms with van der Waals surface area (Å²) in [7, 11) is 0. The summed E-state index contributed by atoms with van der Waals surface area (Å²) in [6, 6.07) is 14.1. The number of nitrogens with one attached hydrogen (secondary N) is 1. The van der Waals surface area contributed by atoms with Crippen LogP contribution in [0.4, 0.5) is 5.82 Å². The van der Waals surface area contributed by atoms with Crippen LogP contribution in [0.25, 0.3) is 11.3 Å². The summed E-state index contributed by atoms with van der Waals surface area (Å²) in [5.74, 6) is 2.03. The number of ether oxygens (including phenoxy) is 1. The molecule has 4 rings (SSSR count). The van der Waals surface area contributed by atoms with Gasteiger partial charge >= 0.3 is 0 Å². The average molecular weight is 347 g/mol. The third-order valence-corrected chi connectivity index (χ3v) is 4.47. The van der Waals surface area contributed by atoms with Gasteiger partial charge in [-0.1, -0.05) is 30.3 Å². The summed E-state index contributed by atoms with van der Waals surface area (Å²) < 4.78 is 5.44. The highest BCUT2D eigenvalue weighted by Crippen LogP contribution is 2.24. The van der Waals surface area contributed by atoms with Crippen molar-refractivity contribution in [1.29, 1.82) is 0 Å². The van der Waals surface area contributed by atoms with Gasteiger partial charge in [0.1, 0.15) is 18.0 Å². The van der Waals surface area contributed by atoms with Crippen molar-refractivity contribution in [3.63, 3.8) is 0 Å². The SMILES string of the molecule is c1ccc(-c2ccnc(CCNc3cc([C@@H]4CCOC4)ncn3)n2)cc1. The summed E-state index contributed by atoms with van der Waals surface area (Å²) in [6.45, 7) is 2.28. The zero-order valence-corrected chi connectivity index (χ0v) is 14.5. The van der Waals surface area contributed by atoms with Crippen LogP contribution in [-0.2, 0) is 11.2 Å². The van der Waals surface area contributed by atoms with Crippen molar-refractivity contribution in [2.75, 3.05) is 25.1 Å². The number of rotatable bonds is 6. The molecule has 1 atom stereocenters. The summed E-state index contributed by atoms with van der Waals surface area (Å²) in [5.41, 5.74) is 3.09. The van der Waals surface area contributed by atoms with E-state index in [1.807, 2.05) is 36.5 Å². The van der Waals surface area contributed by atoms with Crippen molar-refractivity contribution in [1.82, 2.24) is 19.9 Å². The standard InChI is InChI=1S/C20H21N5O/c1-2-4-15(5-3-1)17-6-9-21-19(25-17)7-10-22-20-12-18(23-14-24-20)16-8-11-26-13-16/h1-6,9,12,14,16H,7-8,10-11,13H2,(H,22,23,24)/t16-/m1/s1. The van der Waals surface area contributed by atoms with Crippen LogP contribution in [0.15, 0.2) is 55.0 Å². The maximum Gasteiger partial charge on any atom is 0.130 e. The molecule has 0 radical (unpaired) electrons. The molecule has 6 heteroatoms. The van der Waals surface area contributed by atoms with Gasteiger partial charge in [0, 0.05) is 43.3 Å². The second kappa shape index (κ2) is 8.01. The van der Waals surface area contributed by atoms with E-state index in [0.717, 1.165) is 61.2 Å². The van der Waals surface area contributed by atoms with Crippen molar-refractivity contribution >= 4 is 5.82 Å². The average Bonchev–Trinajstić information content (AvgIpc) is 3.24. The first-order chi connectivity index (χ1) is 12.9. The Hall–Kier alpha value is -2.86. The van der Waals surface area contributed by atoms with Crippen LogP contribution in [0.1, 0.15) is 23.9 Å². The van der Waals surface area contributed by atoms with Gasteiger partial charge in [0.05, 0.1) is 18.0 Å². The zero-order chi connectivity index (χ0) is 17.6. The molecular weight excluding hydrogens is 326 g/mol. The highest BCUT2D eigenvalue weighted by atomic mass is 16.5. The quantitative estimate of drug-likeness (QED) is 0.739. The van der Waals surface area contributed by atoms with Gasteiger partial charge in [-0.15, -0.1) is 0 Å². The van der Waals surface area contributed by atoms with Crippen LogP contribution in [0, 0.1) is 0 Å². The van der Waals surface area contributed by atoms with E-state index in [4.69, 9.17) is 4.74 Å². The topological polar surface area (TPSA) is 72.8 Å². The minimum Gasteiger partial charge on any atom is -0.381 e. The zero-order valence-electron chi connectivity index (χ0n) is 14.5. The van der Waals surface area contributed by atoms with Gasteiger partial charge in [-0.2, -0.15) is 0 Å². The molecule has 132 valence electrons. The number of benzene rings is 1. The van der Waals surface area contributed by atoms with Gasteiger partial charge in [-0.05, 0) is 12.5 Å². The number of hydrogen-bond acceptors (Lipinski definition) is 6. The molecule has 0 aliphatic carbocycles. The fourth-order valence-electron chi connectivity index (χ4n) is 3.05. The van der Waals surface area contributed by atoms with Gasteiger partial charge < -0.3 is 10.1 Å². The fraction of sp³-hybridized carbons (Fsp3) is 0.300. The van der Waals surface area contributed by atoms with Crippen LogP contribution >= 0.6 is 0 Å². The predicted octanol–water partition coefficient (Wildman–Crippen LogP) is 3.09. The Labute approximate surface area is 152 Å². The van der Waals surface area contributed by atoms with Crippen LogP contribution in [0.3, 0.4) is 0 Å². The Bertz CT molecular complexity index is 850. The molecule has 1 saturated heterocycles. The van der Waals surface area contributed by atoms with E-state index in [2.05, 4.69) is 37.4 Å². The van der Waals surface area contributed by atoms with E-state index in [1.165, 1.54) is 0 Å². The molecule has 26 heavy (non-hydrogen) atoms. The van der Waals surface area contributed by atoms with Crippen molar-refractivity contribution in [2.24, 2.45) is 0 Å². The molecule has 1 aromatic carbocycles. The molecule has 1 aliphatic heterocycles. The summed E-state index contributed by atoms with van der Waals surface area (Å²) in [6.07, 6.45) is 5.18. The third-order valence-electron chi connectivity index (χ3n) is 4.47. The summed E-state index contributed by atoms with van der Waals surface area (Å²) in [5, 5.41) is 3.34. The molecule has 3 aromatic rings. The van der Waals surface area contributed by atoms with E-state index in [0.29, 0.717) is 5.92 Å². The maximum absolute atomic E-state index is 5.44. The van der Waals surface area contributed by atoms with E-state index in [-0.39, 0.29) is 0 Å². The summed E-state index contributed by atoms with van der Waals surface area (Å²) >= 11 is 0. The third kappa shape index (κ3) is 4.03. The minimum absolute atomic E-state index is 0.379. The first-order valence-corrected chi connectivity index (χ1v) is 8.89. The number of aromatic nitrogens is 4. The van der Waals surface area contributed by atoms with E-state index < -0.39 is 0 Å². The Balaban J connectivity index is 1.37. The minimum atomic E-state index is 0.379. The fourth-order valence-corrected chi connectivity index (χ4v) is 3.05. The van der Waals surface area contributed by atoms with Gasteiger partial charge in [-0.25, -0.2) is 19.9 Å². The lowest BCUT2D eigenvalue weighted by Gasteiger charge is -2.10. The highest BCUT2D eigenvalue weighted by Gasteiger charge is 2.19. The van der Waals surface area contributed by atoms with Crippen molar-refractivity contribution in [2.45, 2.75) is 18.8 Å². The van der Waals surface area contributed by atoms with E-state index in [9.17, 15) is 0 Å². The molecular formula is C20H21N5O. The Morgan fingerprint density at radius 1 is 1.08 bits per heavy atom. The molecule has 0 unspecified atom stereocenters. The second-order valence-electron chi connectivity index (χ2n) is 6.29. The van der Waals surface area contributed by atoms with E-state index in [1.54, 1.807) is 6.33 Å². The number of hydrogen-bond donors (Lipinski definition) is 1. The molecule has 2 aromatic heterocycles. The lowest BCUT2D eigenvalue weighted by atomic mass is 10.1. The van der Waals surface area contributed by atoms with Gasteiger partial charge in [0.25, 0.3) is 0 Å². The Kier molecular flexibility index (Phi) is 5.12. The highest BCUT2D eigenvalue weighted by molar-refractivity contribution is 5.58. The van der Waals surface area contributed by atoms with Gasteiger partial charge in [-0.3, -0.25) is 0 Å². The molecule has 0 bridgehead atoms.